The van der Waals surface area contributed by atoms with Crippen LogP contribution in [0.1, 0.15) is 6.92 Å². The van der Waals surface area contributed by atoms with Gasteiger partial charge in [0.05, 0.1) is 0 Å². The summed E-state index contributed by atoms with van der Waals surface area (Å²) in [5, 5.41) is 0. The zero-order valence-electron chi connectivity index (χ0n) is 5.52. The molecule has 56 valence electrons. The maximum absolute atomic E-state index is 10.5. The van der Waals surface area contributed by atoms with Crippen molar-refractivity contribution in [2.75, 3.05) is 5.88 Å². The summed E-state index contributed by atoms with van der Waals surface area (Å²) in [6.07, 6.45) is 0. The fourth-order valence-corrected chi connectivity index (χ4v) is 0.272. The summed E-state index contributed by atoms with van der Waals surface area (Å²) >= 11 is 5.04. The van der Waals surface area contributed by atoms with E-state index in [1.54, 1.807) is 0 Å². The van der Waals surface area contributed by atoms with Crippen LogP contribution in [0, 0.1) is 0 Å². The summed E-state index contributed by atoms with van der Waals surface area (Å²) in [5.74, 6) is -1.81. The minimum Gasteiger partial charge on any atom is -0.389 e. The van der Waals surface area contributed by atoms with Gasteiger partial charge in [0.1, 0.15) is 5.88 Å². The molecule has 0 N–H and O–H groups in total. The van der Waals surface area contributed by atoms with Crippen LogP contribution < -0.4 is 0 Å². The van der Waals surface area contributed by atoms with Crippen molar-refractivity contribution in [1.29, 1.82) is 0 Å². The normalized spacial score (nSPS) is 8.60. The first-order valence-electron chi connectivity index (χ1n) is 2.54. The summed E-state index contributed by atoms with van der Waals surface area (Å²) in [6, 6.07) is 0. The molecule has 0 atom stereocenters. The number of carbonyl (C=O) groups excluding carboxylic acids is 2. The molecule has 0 aliphatic carbocycles. The average molecular weight is 163 g/mol. The fourth-order valence-electron chi connectivity index (χ4n) is 0.218. The molecule has 4 heteroatoms. The van der Waals surface area contributed by atoms with Crippen LogP contribution in [0.3, 0.4) is 0 Å². The van der Waals surface area contributed by atoms with E-state index in [1.165, 1.54) is 6.92 Å². The molecule has 0 amide bonds. The Kier molecular flexibility index (Phi) is 3.72. The van der Waals surface area contributed by atoms with E-state index in [1.807, 2.05) is 0 Å². The lowest BCUT2D eigenvalue weighted by atomic mass is 10.4. The van der Waals surface area contributed by atoms with Crippen LogP contribution in [0.4, 0.5) is 0 Å². The number of halogens is 1. The predicted molar refractivity (Wildman–Crippen MR) is 36.6 cm³/mol. The van der Waals surface area contributed by atoms with E-state index in [0.29, 0.717) is 0 Å². The van der Waals surface area contributed by atoms with Gasteiger partial charge in [-0.05, 0) is 6.92 Å². The Hall–Kier alpha value is -0.830. The third kappa shape index (κ3) is 3.25. The highest BCUT2D eigenvalue weighted by molar-refractivity contribution is 6.27. The number of alkyl halides is 1. The Morgan fingerprint density at radius 2 is 2.10 bits per heavy atom. The van der Waals surface area contributed by atoms with Gasteiger partial charge in [0.25, 0.3) is 0 Å². The summed E-state index contributed by atoms with van der Waals surface area (Å²) < 4.78 is 4.15. The minimum atomic E-state index is -0.755. The molecule has 10 heavy (non-hydrogen) atoms. The van der Waals surface area contributed by atoms with Gasteiger partial charge in [-0.15, -0.1) is 11.6 Å². The molecule has 0 bridgehead atoms. The van der Waals surface area contributed by atoms with Crippen molar-refractivity contribution in [3.63, 3.8) is 0 Å². The molecule has 0 aliphatic heterocycles. The lowest BCUT2D eigenvalue weighted by Gasteiger charge is -1.97. The van der Waals surface area contributed by atoms with E-state index >= 15 is 0 Å². The quantitative estimate of drug-likeness (QED) is 0.262. The van der Waals surface area contributed by atoms with Gasteiger partial charge in [0, 0.05) is 5.57 Å². The van der Waals surface area contributed by atoms with Gasteiger partial charge >= 0.3 is 11.9 Å². The number of carbonyl (C=O) groups is 2. The van der Waals surface area contributed by atoms with Gasteiger partial charge in [0.15, 0.2) is 0 Å². The van der Waals surface area contributed by atoms with Crippen LogP contribution in [0.2, 0.25) is 0 Å². The molecule has 0 fully saturated rings. The van der Waals surface area contributed by atoms with Crippen molar-refractivity contribution in [1.82, 2.24) is 0 Å². The smallest absolute Gasteiger partial charge is 0.340 e. The molecule has 0 saturated heterocycles. The van der Waals surface area contributed by atoms with E-state index in [0.717, 1.165) is 0 Å². The molecular formula is C6H7ClO3. The second-order valence-corrected chi connectivity index (χ2v) is 1.94. The molecule has 0 heterocycles. The zero-order valence-corrected chi connectivity index (χ0v) is 6.27. The lowest BCUT2D eigenvalue weighted by molar-refractivity contribution is -0.154. The maximum Gasteiger partial charge on any atom is 0.340 e. The van der Waals surface area contributed by atoms with Gasteiger partial charge in [-0.25, -0.2) is 4.79 Å². The standard InChI is InChI=1S/C6H7ClO3/c1-4(2)6(9)10-5(8)3-7/h1,3H2,2H3. The number of hydrogen-bond acceptors (Lipinski definition) is 3. The molecule has 0 aromatic carbocycles. The van der Waals surface area contributed by atoms with E-state index in [2.05, 4.69) is 11.3 Å². The minimum absolute atomic E-state index is 0.179. The van der Waals surface area contributed by atoms with Crippen LogP contribution >= 0.6 is 11.6 Å². The summed E-state index contributed by atoms with van der Waals surface area (Å²) in [5.41, 5.74) is 0.179. The highest BCUT2D eigenvalue weighted by Gasteiger charge is 2.08. The van der Waals surface area contributed by atoms with Crippen LogP contribution in [0.25, 0.3) is 0 Å². The highest BCUT2D eigenvalue weighted by Crippen LogP contribution is 1.93. The largest absolute Gasteiger partial charge is 0.389 e. The van der Waals surface area contributed by atoms with E-state index in [-0.39, 0.29) is 11.5 Å². The van der Waals surface area contributed by atoms with Gasteiger partial charge in [-0.2, -0.15) is 0 Å². The van der Waals surface area contributed by atoms with Crippen LogP contribution in [0.15, 0.2) is 12.2 Å². The molecule has 0 spiro atoms. The summed E-state index contributed by atoms with van der Waals surface area (Å²) in [4.78, 5) is 20.8. The number of hydrogen-bond donors (Lipinski definition) is 0. The third-order valence-corrected chi connectivity index (χ3v) is 0.882. The molecule has 0 aromatic heterocycles. The molecular weight excluding hydrogens is 156 g/mol. The number of esters is 2. The zero-order chi connectivity index (χ0) is 8.15. The van der Waals surface area contributed by atoms with E-state index in [4.69, 9.17) is 11.6 Å². The fraction of sp³-hybridized carbons (Fsp3) is 0.333. The first-order valence-corrected chi connectivity index (χ1v) is 3.08. The summed E-state index contributed by atoms with van der Waals surface area (Å²) in [6.45, 7) is 4.72. The van der Waals surface area contributed by atoms with Crippen molar-refractivity contribution in [3.05, 3.63) is 12.2 Å². The van der Waals surface area contributed by atoms with E-state index < -0.39 is 11.9 Å². The monoisotopic (exact) mass is 162 g/mol. The van der Waals surface area contributed by atoms with Crippen molar-refractivity contribution in [2.45, 2.75) is 6.92 Å². The van der Waals surface area contributed by atoms with Crippen LogP contribution in [0.5, 0.6) is 0 Å². The molecule has 0 saturated carbocycles. The van der Waals surface area contributed by atoms with Crippen molar-refractivity contribution >= 4 is 23.5 Å². The molecule has 3 nitrogen and oxygen atoms in total. The number of ether oxygens (including phenoxy) is 1. The first kappa shape index (κ1) is 9.17. The van der Waals surface area contributed by atoms with Crippen molar-refractivity contribution in [2.24, 2.45) is 0 Å². The Labute approximate surface area is 63.6 Å². The third-order valence-electron chi connectivity index (χ3n) is 0.664. The number of rotatable bonds is 2. The van der Waals surface area contributed by atoms with Gasteiger partial charge in [-0.1, -0.05) is 6.58 Å². The second-order valence-electron chi connectivity index (χ2n) is 1.68. The topological polar surface area (TPSA) is 43.4 Å². The predicted octanol–water partition coefficient (Wildman–Crippen LogP) is 0.871. The second kappa shape index (κ2) is 4.06. The Morgan fingerprint density at radius 3 is 2.40 bits per heavy atom. The average Bonchev–Trinajstić information content (AvgIpc) is 1.87. The van der Waals surface area contributed by atoms with Gasteiger partial charge in [0.2, 0.25) is 0 Å². The Bertz CT molecular complexity index is 174. The molecule has 0 rings (SSSR count). The molecule has 0 aromatic rings. The first-order chi connectivity index (χ1) is 4.57. The Balaban J connectivity index is 3.80. The van der Waals surface area contributed by atoms with Crippen molar-refractivity contribution < 1.29 is 14.3 Å². The highest BCUT2D eigenvalue weighted by atomic mass is 35.5. The molecule has 0 unspecified atom stereocenters. The van der Waals surface area contributed by atoms with E-state index in [9.17, 15) is 9.59 Å². The van der Waals surface area contributed by atoms with Crippen LogP contribution in [-0.4, -0.2) is 17.8 Å². The molecule has 0 aliphatic rings. The van der Waals surface area contributed by atoms with Gasteiger partial charge in [-0.3, -0.25) is 4.79 Å². The van der Waals surface area contributed by atoms with Crippen molar-refractivity contribution in [3.8, 4) is 0 Å². The summed E-state index contributed by atoms with van der Waals surface area (Å²) in [7, 11) is 0. The van der Waals surface area contributed by atoms with Crippen LogP contribution in [-0.2, 0) is 14.3 Å². The lowest BCUT2D eigenvalue weighted by Crippen LogP contribution is -2.13. The molecule has 0 radical (unpaired) electrons. The maximum atomic E-state index is 10.5. The SMILES string of the molecule is C=C(C)C(=O)OC(=O)CCl. The van der Waals surface area contributed by atoms with Gasteiger partial charge < -0.3 is 4.74 Å². The Morgan fingerprint density at radius 1 is 1.60 bits per heavy atom.